The SMILES string of the molecule is CCOC(=O)CN1CC23C=C[C@@H](O2)C(C(=O)NCc2ccccc2OC)[C@@H]3C1=O. The summed E-state index contributed by atoms with van der Waals surface area (Å²) >= 11 is 0. The number of esters is 1. The van der Waals surface area contributed by atoms with Crippen LogP contribution in [0.1, 0.15) is 12.5 Å². The Morgan fingerprint density at radius 1 is 1.34 bits per heavy atom. The average molecular weight is 400 g/mol. The minimum atomic E-state index is -0.847. The number of carbonyl (C=O) groups excluding carboxylic acids is 3. The maximum absolute atomic E-state index is 13.0. The summed E-state index contributed by atoms with van der Waals surface area (Å²) in [5.74, 6) is -1.54. The highest BCUT2D eigenvalue weighted by molar-refractivity contribution is 5.94. The third-order valence-corrected chi connectivity index (χ3v) is 5.75. The summed E-state index contributed by atoms with van der Waals surface area (Å²) in [7, 11) is 1.58. The van der Waals surface area contributed by atoms with Gasteiger partial charge < -0.3 is 24.4 Å². The molecule has 1 aromatic carbocycles. The van der Waals surface area contributed by atoms with Crippen LogP contribution in [0.4, 0.5) is 0 Å². The molecule has 2 amide bonds. The van der Waals surface area contributed by atoms with Crippen molar-refractivity contribution in [1.29, 1.82) is 0 Å². The molecular formula is C21H24N2O6. The van der Waals surface area contributed by atoms with Crippen LogP contribution in [0.3, 0.4) is 0 Å². The first-order valence-electron chi connectivity index (χ1n) is 9.70. The van der Waals surface area contributed by atoms with Crippen molar-refractivity contribution in [2.24, 2.45) is 11.8 Å². The maximum atomic E-state index is 13.0. The number of ether oxygens (including phenoxy) is 3. The van der Waals surface area contributed by atoms with Crippen LogP contribution in [0, 0.1) is 11.8 Å². The van der Waals surface area contributed by atoms with E-state index in [1.54, 1.807) is 14.0 Å². The van der Waals surface area contributed by atoms with Gasteiger partial charge in [0.05, 0.1) is 38.2 Å². The summed E-state index contributed by atoms with van der Waals surface area (Å²) < 4.78 is 16.3. The first-order chi connectivity index (χ1) is 14.0. The number of benzene rings is 1. The smallest absolute Gasteiger partial charge is 0.325 e. The Balaban J connectivity index is 1.47. The van der Waals surface area contributed by atoms with E-state index >= 15 is 0 Å². The van der Waals surface area contributed by atoms with E-state index in [9.17, 15) is 14.4 Å². The number of nitrogens with one attached hydrogen (secondary N) is 1. The molecule has 2 bridgehead atoms. The summed E-state index contributed by atoms with van der Waals surface area (Å²) in [4.78, 5) is 39.3. The van der Waals surface area contributed by atoms with Crippen molar-refractivity contribution >= 4 is 17.8 Å². The summed E-state index contributed by atoms with van der Waals surface area (Å²) in [5.41, 5.74) is 0.0000959. The number of para-hydroxylation sites is 1. The first kappa shape index (κ1) is 19.4. The van der Waals surface area contributed by atoms with Crippen LogP contribution in [0.5, 0.6) is 5.75 Å². The van der Waals surface area contributed by atoms with Gasteiger partial charge in [-0.1, -0.05) is 30.4 Å². The van der Waals surface area contributed by atoms with E-state index in [2.05, 4.69) is 5.32 Å². The van der Waals surface area contributed by atoms with Crippen LogP contribution in [-0.2, 0) is 30.4 Å². The van der Waals surface area contributed by atoms with Crippen LogP contribution >= 0.6 is 0 Å². The monoisotopic (exact) mass is 400 g/mol. The molecule has 1 N–H and O–H groups in total. The van der Waals surface area contributed by atoms with Crippen LogP contribution in [0.15, 0.2) is 36.4 Å². The zero-order valence-corrected chi connectivity index (χ0v) is 16.4. The summed E-state index contributed by atoms with van der Waals surface area (Å²) in [6.45, 7) is 2.37. The molecule has 3 aliphatic rings. The minimum absolute atomic E-state index is 0.137. The van der Waals surface area contributed by atoms with E-state index in [1.807, 2.05) is 36.4 Å². The topological polar surface area (TPSA) is 94.2 Å². The Morgan fingerprint density at radius 3 is 2.90 bits per heavy atom. The Labute approximate surface area is 168 Å². The number of methoxy groups -OCH3 is 1. The highest BCUT2D eigenvalue weighted by Gasteiger charge is 2.66. The fourth-order valence-corrected chi connectivity index (χ4v) is 4.52. The summed E-state index contributed by atoms with van der Waals surface area (Å²) in [5, 5.41) is 2.91. The standard InChI is InChI=1S/C21H24N2O6/c1-3-28-16(24)11-23-12-21-9-8-15(29-21)17(18(21)20(23)26)19(25)22-10-13-6-4-5-7-14(13)27-2/h4-9,15,17-18H,3,10-12H2,1-2H3,(H,22,25)/t15-,17?,18-,21?/m1/s1. The summed E-state index contributed by atoms with van der Waals surface area (Å²) in [6, 6.07) is 7.43. The molecule has 4 atom stereocenters. The van der Waals surface area contributed by atoms with Gasteiger partial charge in [-0.05, 0) is 13.0 Å². The molecule has 2 unspecified atom stereocenters. The Morgan fingerprint density at radius 2 is 2.14 bits per heavy atom. The molecule has 0 aliphatic carbocycles. The lowest BCUT2D eigenvalue weighted by molar-refractivity contribution is -0.149. The molecule has 8 nitrogen and oxygen atoms in total. The van der Waals surface area contributed by atoms with Gasteiger partial charge in [-0.2, -0.15) is 0 Å². The van der Waals surface area contributed by atoms with Crippen molar-refractivity contribution in [3.8, 4) is 5.75 Å². The molecule has 8 heteroatoms. The molecular weight excluding hydrogens is 376 g/mol. The molecule has 3 heterocycles. The molecule has 4 rings (SSSR count). The van der Waals surface area contributed by atoms with E-state index in [0.717, 1.165) is 5.56 Å². The molecule has 29 heavy (non-hydrogen) atoms. The second-order valence-corrected chi connectivity index (χ2v) is 7.43. The van der Waals surface area contributed by atoms with Crippen LogP contribution in [-0.4, -0.2) is 61.2 Å². The number of amides is 2. The van der Waals surface area contributed by atoms with Gasteiger partial charge in [0, 0.05) is 12.1 Å². The third kappa shape index (κ3) is 3.27. The fraction of sp³-hybridized carbons (Fsp3) is 0.476. The van der Waals surface area contributed by atoms with Gasteiger partial charge in [0.1, 0.15) is 17.9 Å². The van der Waals surface area contributed by atoms with Gasteiger partial charge >= 0.3 is 5.97 Å². The molecule has 3 aliphatic heterocycles. The first-order valence-corrected chi connectivity index (χ1v) is 9.70. The second-order valence-electron chi connectivity index (χ2n) is 7.43. The zero-order chi connectivity index (χ0) is 20.6. The van der Waals surface area contributed by atoms with Gasteiger partial charge in [0.15, 0.2) is 0 Å². The second kappa shape index (κ2) is 7.51. The number of hydrogen-bond donors (Lipinski definition) is 1. The Bertz CT molecular complexity index is 868. The zero-order valence-electron chi connectivity index (χ0n) is 16.4. The predicted molar refractivity (Wildman–Crippen MR) is 102 cm³/mol. The summed E-state index contributed by atoms with van der Waals surface area (Å²) in [6.07, 6.45) is 3.26. The number of carbonyl (C=O) groups is 3. The molecule has 154 valence electrons. The van der Waals surface area contributed by atoms with Gasteiger partial charge in [0.25, 0.3) is 0 Å². The molecule has 1 spiro atoms. The van der Waals surface area contributed by atoms with Gasteiger partial charge in [-0.25, -0.2) is 0 Å². The van der Waals surface area contributed by atoms with Gasteiger partial charge in [-0.15, -0.1) is 0 Å². The van der Waals surface area contributed by atoms with Crippen LogP contribution in [0.25, 0.3) is 0 Å². The third-order valence-electron chi connectivity index (χ3n) is 5.75. The number of nitrogens with zero attached hydrogens (tertiary/aromatic N) is 1. The lowest BCUT2D eigenvalue weighted by Gasteiger charge is -2.23. The lowest BCUT2D eigenvalue weighted by Crippen LogP contribution is -2.44. The molecule has 0 radical (unpaired) electrons. The predicted octanol–water partition coefficient (Wildman–Crippen LogP) is 0.657. The van der Waals surface area contributed by atoms with Crippen molar-refractivity contribution < 1.29 is 28.6 Å². The maximum Gasteiger partial charge on any atom is 0.325 e. The van der Waals surface area contributed by atoms with E-state index in [4.69, 9.17) is 14.2 Å². The lowest BCUT2D eigenvalue weighted by atomic mass is 9.77. The van der Waals surface area contributed by atoms with Crippen molar-refractivity contribution in [2.45, 2.75) is 25.2 Å². The van der Waals surface area contributed by atoms with Gasteiger partial charge in [0.2, 0.25) is 11.8 Å². The van der Waals surface area contributed by atoms with Crippen molar-refractivity contribution in [3.05, 3.63) is 42.0 Å². The van der Waals surface area contributed by atoms with E-state index < -0.39 is 29.5 Å². The molecule has 2 saturated heterocycles. The number of fused-ring (bicyclic) bond motifs is 1. The van der Waals surface area contributed by atoms with Crippen molar-refractivity contribution in [3.63, 3.8) is 0 Å². The highest BCUT2D eigenvalue weighted by Crippen LogP contribution is 2.51. The van der Waals surface area contributed by atoms with E-state index in [0.29, 0.717) is 5.75 Å². The Hall–Kier alpha value is -2.87. The van der Waals surface area contributed by atoms with E-state index in [-0.39, 0.29) is 38.1 Å². The molecule has 0 saturated carbocycles. The van der Waals surface area contributed by atoms with Crippen LogP contribution in [0.2, 0.25) is 0 Å². The normalized spacial score (nSPS) is 29.1. The van der Waals surface area contributed by atoms with Gasteiger partial charge in [-0.3, -0.25) is 14.4 Å². The number of rotatable bonds is 7. The molecule has 1 aromatic rings. The van der Waals surface area contributed by atoms with E-state index in [1.165, 1.54) is 4.90 Å². The quantitative estimate of drug-likeness (QED) is 0.534. The highest BCUT2D eigenvalue weighted by atomic mass is 16.5. The molecule has 2 fully saturated rings. The Kier molecular flexibility index (Phi) is 5.04. The molecule has 0 aromatic heterocycles. The van der Waals surface area contributed by atoms with Crippen molar-refractivity contribution in [2.75, 3.05) is 26.8 Å². The van der Waals surface area contributed by atoms with Crippen molar-refractivity contribution in [1.82, 2.24) is 10.2 Å². The van der Waals surface area contributed by atoms with Crippen LogP contribution < -0.4 is 10.1 Å². The fourth-order valence-electron chi connectivity index (χ4n) is 4.52. The number of likely N-dealkylation sites (tertiary alicyclic amines) is 1. The minimum Gasteiger partial charge on any atom is -0.496 e. The number of hydrogen-bond acceptors (Lipinski definition) is 6. The largest absolute Gasteiger partial charge is 0.496 e. The average Bonchev–Trinajstić information content (AvgIpc) is 3.35.